The third-order valence-electron chi connectivity index (χ3n) is 1.78. The molecule has 0 radical (unpaired) electrons. The molecule has 1 aromatic rings. The lowest BCUT2D eigenvalue weighted by Crippen LogP contribution is -2.12. The van der Waals surface area contributed by atoms with E-state index < -0.39 is 0 Å². The van der Waals surface area contributed by atoms with Gasteiger partial charge in [0.05, 0.1) is 6.07 Å². The number of nitrogens with zero attached hydrogens (tertiary/aromatic N) is 2. The minimum atomic E-state index is -0.000750. The summed E-state index contributed by atoms with van der Waals surface area (Å²) in [5.74, 6) is 0. The summed E-state index contributed by atoms with van der Waals surface area (Å²) in [6.45, 7) is 3.95. The highest BCUT2D eigenvalue weighted by Crippen LogP contribution is 1.99. The molecule has 0 fully saturated rings. The minimum absolute atomic E-state index is 0.000750. The fraction of sp³-hybridized carbons (Fsp3) is 0.333. The van der Waals surface area contributed by atoms with Crippen LogP contribution in [0.25, 0.3) is 0 Å². The fourth-order valence-corrected chi connectivity index (χ4v) is 1.21. The van der Waals surface area contributed by atoms with Gasteiger partial charge in [-0.1, -0.05) is 0 Å². The number of rotatable bonds is 1. The van der Waals surface area contributed by atoms with E-state index in [-0.39, 0.29) is 5.43 Å². The lowest BCUT2D eigenvalue weighted by Gasteiger charge is -2.08. The maximum atomic E-state index is 11.0. The van der Waals surface area contributed by atoms with Crippen molar-refractivity contribution in [3.8, 4) is 6.07 Å². The van der Waals surface area contributed by atoms with Crippen molar-refractivity contribution in [2.24, 2.45) is 0 Å². The summed E-state index contributed by atoms with van der Waals surface area (Å²) >= 11 is 0. The SMILES string of the molecule is Cc1cc(=O)cc(C)n1CC#N. The van der Waals surface area contributed by atoms with Crippen LogP contribution in [0.1, 0.15) is 11.4 Å². The predicted octanol–water partition coefficient (Wildman–Crippen LogP) is 0.989. The second kappa shape index (κ2) is 3.22. The molecule has 0 amide bonds. The van der Waals surface area contributed by atoms with Gasteiger partial charge in [-0.05, 0) is 13.8 Å². The Balaban J connectivity index is 3.30. The molecule has 1 rings (SSSR count). The van der Waals surface area contributed by atoms with Gasteiger partial charge in [-0.3, -0.25) is 4.79 Å². The van der Waals surface area contributed by atoms with Gasteiger partial charge >= 0.3 is 0 Å². The van der Waals surface area contributed by atoms with Crippen molar-refractivity contribution in [1.82, 2.24) is 4.57 Å². The molecule has 0 spiro atoms. The Morgan fingerprint density at radius 2 is 1.92 bits per heavy atom. The molecular formula is C9H10N2O. The third kappa shape index (κ3) is 1.54. The molecule has 0 aliphatic heterocycles. The second-order valence-electron chi connectivity index (χ2n) is 2.72. The zero-order valence-electron chi connectivity index (χ0n) is 7.16. The number of aromatic nitrogens is 1. The average Bonchev–Trinajstić information content (AvgIpc) is 1.96. The zero-order valence-corrected chi connectivity index (χ0v) is 7.16. The summed E-state index contributed by atoms with van der Waals surface area (Å²) in [4.78, 5) is 11.0. The van der Waals surface area contributed by atoms with Crippen molar-refractivity contribution in [3.63, 3.8) is 0 Å². The summed E-state index contributed by atoms with van der Waals surface area (Å²) in [6.07, 6.45) is 0. The first-order valence-electron chi connectivity index (χ1n) is 3.70. The molecule has 12 heavy (non-hydrogen) atoms. The summed E-state index contributed by atoms with van der Waals surface area (Å²) in [6, 6.07) is 5.11. The Morgan fingerprint density at radius 1 is 1.42 bits per heavy atom. The first kappa shape index (κ1) is 8.54. The lowest BCUT2D eigenvalue weighted by atomic mass is 10.3. The van der Waals surface area contributed by atoms with E-state index in [4.69, 9.17) is 5.26 Å². The number of pyridine rings is 1. The zero-order chi connectivity index (χ0) is 9.14. The van der Waals surface area contributed by atoms with Crippen LogP contribution in [0.15, 0.2) is 16.9 Å². The first-order valence-corrected chi connectivity index (χ1v) is 3.70. The van der Waals surface area contributed by atoms with Crippen molar-refractivity contribution in [2.75, 3.05) is 0 Å². The summed E-state index contributed by atoms with van der Waals surface area (Å²) in [5, 5.41) is 8.49. The van der Waals surface area contributed by atoms with Gasteiger partial charge in [-0.2, -0.15) is 5.26 Å². The van der Waals surface area contributed by atoms with E-state index in [1.54, 1.807) is 4.57 Å². The van der Waals surface area contributed by atoms with E-state index in [2.05, 4.69) is 0 Å². The molecule has 0 unspecified atom stereocenters. The number of hydrogen-bond donors (Lipinski definition) is 0. The minimum Gasteiger partial charge on any atom is -0.335 e. The molecule has 0 N–H and O–H groups in total. The van der Waals surface area contributed by atoms with Gasteiger partial charge in [-0.25, -0.2) is 0 Å². The molecule has 1 aromatic heterocycles. The van der Waals surface area contributed by atoms with Gasteiger partial charge in [0.2, 0.25) is 0 Å². The molecule has 0 aliphatic carbocycles. The number of hydrogen-bond acceptors (Lipinski definition) is 2. The highest BCUT2D eigenvalue weighted by Gasteiger charge is 1.98. The quantitative estimate of drug-likeness (QED) is 0.618. The Kier molecular flexibility index (Phi) is 2.29. The molecule has 3 heteroatoms. The van der Waals surface area contributed by atoms with Crippen molar-refractivity contribution in [1.29, 1.82) is 5.26 Å². The molecule has 0 bridgehead atoms. The van der Waals surface area contributed by atoms with E-state index in [1.807, 2.05) is 19.9 Å². The molecule has 0 saturated heterocycles. The van der Waals surface area contributed by atoms with Crippen LogP contribution < -0.4 is 5.43 Å². The summed E-state index contributed by atoms with van der Waals surface area (Å²) in [5.41, 5.74) is 1.67. The number of aryl methyl sites for hydroxylation is 2. The van der Waals surface area contributed by atoms with E-state index in [0.717, 1.165) is 11.4 Å². The van der Waals surface area contributed by atoms with Crippen molar-refractivity contribution < 1.29 is 0 Å². The van der Waals surface area contributed by atoms with E-state index in [1.165, 1.54) is 12.1 Å². The highest BCUT2D eigenvalue weighted by molar-refractivity contribution is 5.13. The van der Waals surface area contributed by atoms with Crippen LogP contribution in [0.2, 0.25) is 0 Å². The number of nitriles is 1. The largest absolute Gasteiger partial charge is 0.335 e. The predicted molar refractivity (Wildman–Crippen MR) is 45.8 cm³/mol. The first-order chi connectivity index (χ1) is 5.65. The molecule has 0 aromatic carbocycles. The molecule has 0 atom stereocenters. The standard InChI is InChI=1S/C9H10N2O/c1-7-5-9(12)6-8(2)11(7)4-3-10/h5-6H,4H2,1-2H3. The van der Waals surface area contributed by atoms with Crippen molar-refractivity contribution in [2.45, 2.75) is 20.4 Å². The normalized spacial score (nSPS) is 9.42. The summed E-state index contributed by atoms with van der Waals surface area (Å²) in [7, 11) is 0. The molecule has 0 saturated carbocycles. The average molecular weight is 162 g/mol. The maximum absolute atomic E-state index is 11.0. The molecule has 0 aliphatic rings. The molecule has 3 nitrogen and oxygen atoms in total. The van der Waals surface area contributed by atoms with Gasteiger partial charge in [0, 0.05) is 23.5 Å². The maximum Gasteiger partial charge on any atom is 0.182 e. The van der Waals surface area contributed by atoms with Crippen LogP contribution in [0, 0.1) is 25.2 Å². The van der Waals surface area contributed by atoms with E-state index >= 15 is 0 Å². The molecular weight excluding hydrogens is 152 g/mol. The van der Waals surface area contributed by atoms with Crippen LogP contribution in [-0.4, -0.2) is 4.57 Å². The van der Waals surface area contributed by atoms with Gasteiger partial charge in [0.1, 0.15) is 6.54 Å². The summed E-state index contributed by atoms with van der Waals surface area (Å²) < 4.78 is 1.81. The van der Waals surface area contributed by atoms with Crippen LogP contribution in [-0.2, 0) is 6.54 Å². The van der Waals surface area contributed by atoms with Crippen molar-refractivity contribution in [3.05, 3.63) is 33.7 Å². The topological polar surface area (TPSA) is 45.8 Å². The van der Waals surface area contributed by atoms with Crippen LogP contribution in [0.3, 0.4) is 0 Å². The van der Waals surface area contributed by atoms with Crippen LogP contribution in [0.5, 0.6) is 0 Å². The monoisotopic (exact) mass is 162 g/mol. The highest BCUT2D eigenvalue weighted by atomic mass is 16.1. The van der Waals surface area contributed by atoms with Crippen molar-refractivity contribution >= 4 is 0 Å². The van der Waals surface area contributed by atoms with Gasteiger partial charge in [0.15, 0.2) is 5.43 Å². The molecule has 1 heterocycles. The van der Waals surface area contributed by atoms with Crippen LogP contribution >= 0.6 is 0 Å². The Bertz CT molecular complexity index is 358. The third-order valence-corrected chi connectivity index (χ3v) is 1.78. The van der Waals surface area contributed by atoms with Gasteiger partial charge in [0.25, 0.3) is 0 Å². The molecule has 62 valence electrons. The van der Waals surface area contributed by atoms with Crippen LogP contribution in [0.4, 0.5) is 0 Å². The van der Waals surface area contributed by atoms with E-state index in [9.17, 15) is 4.79 Å². The Hall–Kier alpha value is -1.56. The second-order valence-corrected chi connectivity index (χ2v) is 2.72. The smallest absolute Gasteiger partial charge is 0.182 e. The van der Waals surface area contributed by atoms with Gasteiger partial charge < -0.3 is 4.57 Å². The van der Waals surface area contributed by atoms with Gasteiger partial charge in [-0.15, -0.1) is 0 Å². The van der Waals surface area contributed by atoms with E-state index in [0.29, 0.717) is 6.54 Å². The Morgan fingerprint density at radius 3 is 2.33 bits per heavy atom. The Labute approximate surface area is 70.9 Å². The fourth-order valence-electron chi connectivity index (χ4n) is 1.21. The lowest BCUT2D eigenvalue weighted by molar-refractivity contribution is 0.752.